The highest BCUT2D eigenvalue weighted by atomic mass is 127. The molecular weight excluding hydrogens is 393 g/mol. The fraction of sp³-hybridized carbons (Fsp3) is 0.938. The van der Waals surface area contributed by atoms with Crippen molar-refractivity contribution in [2.45, 2.75) is 51.6 Å². The molecule has 0 amide bonds. The van der Waals surface area contributed by atoms with Crippen molar-refractivity contribution in [3.05, 3.63) is 0 Å². The zero-order valence-electron chi connectivity index (χ0n) is 14.0. The van der Waals surface area contributed by atoms with Gasteiger partial charge in [0.15, 0.2) is 5.96 Å². The SMILES string of the molecule is CN=C(NCCCOC1CCCCC1)NCC1(C)COC1.I. The van der Waals surface area contributed by atoms with E-state index in [1.165, 1.54) is 32.1 Å². The Kier molecular flexibility index (Phi) is 9.66. The molecule has 0 aromatic heterocycles. The predicted molar refractivity (Wildman–Crippen MR) is 101 cm³/mol. The summed E-state index contributed by atoms with van der Waals surface area (Å²) in [7, 11) is 1.81. The molecule has 1 aliphatic carbocycles. The molecule has 0 radical (unpaired) electrons. The molecule has 0 unspecified atom stereocenters. The van der Waals surface area contributed by atoms with Crippen molar-refractivity contribution in [1.82, 2.24) is 10.6 Å². The molecule has 22 heavy (non-hydrogen) atoms. The number of nitrogens with one attached hydrogen (secondary N) is 2. The molecule has 2 rings (SSSR count). The summed E-state index contributed by atoms with van der Waals surface area (Å²) in [4.78, 5) is 4.25. The first-order valence-corrected chi connectivity index (χ1v) is 8.36. The predicted octanol–water partition coefficient (Wildman–Crippen LogP) is 2.55. The summed E-state index contributed by atoms with van der Waals surface area (Å²) < 4.78 is 11.2. The molecule has 0 bridgehead atoms. The highest BCUT2D eigenvalue weighted by Crippen LogP contribution is 2.24. The lowest BCUT2D eigenvalue weighted by molar-refractivity contribution is -0.0971. The number of hydrogen-bond acceptors (Lipinski definition) is 3. The summed E-state index contributed by atoms with van der Waals surface area (Å²) in [5.74, 6) is 0.876. The van der Waals surface area contributed by atoms with Gasteiger partial charge in [0.05, 0.1) is 19.3 Å². The van der Waals surface area contributed by atoms with Crippen LogP contribution in [-0.2, 0) is 9.47 Å². The molecule has 1 saturated carbocycles. The molecule has 6 heteroatoms. The van der Waals surface area contributed by atoms with Crippen LogP contribution in [0.5, 0.6) is 0 Å². The quantitative estimate of drug-likeness (QED) is 0.285. The van der Waals surface area contributed by atoms with Crippen molar-refractivity contribution in [3.8, 4) is 0 Å². The van der Waals surface area contributed by atoms with Crippen molar-refractivity contribution in [1.29, 1.82) is 0 Å². The molecule has 1 saturated heterocycles. The van der Waals surface area contributed by atoms with Crippen molar-refractivity contribution >= 4 is 29.9 Å². The van der Waals surface area contributed by atoms with E-state index in [-0.39, 0.29) is 29.4 Å². The van der Waals surface area contributed by atoms with Crippen LogP contribution in [0.25, 0.3) is 0 Å². The van der Waals surface area contributed by atoms with Gasteiger partial charge in [0.1, 0.15) is 0 Å². The summed E-state index contributed by atoms with van der Waals surface area (Å²) in [6.45, 7) is 6.57. The first-order valence-electron chi connectivity index (χ1n) is 8.36. The standard InChI is InChI=1S/C16H31N3O2.HI/c1-16(12-20-13-16)11-19-15(17-2)18-9-6-10-21-14-7-4-3-5-8-14;/h14H,3-13H2,1-2H3,(H2,17,18,19);1H. The second-order valence-electron chi connectivity index (χ2n) is 6.64. The van der Waals surface area contributed by atoms with Gasteiger partial charge < -0.3 is 20.1 Å². The maximum Gasteiger partial charge on any atom is 0.191 e. The van der Waals surface area contributed by atoms with Crippen LogP contribution in [0, 0.1) is 5.41 Å². The van der Waals surface area contributed by atoms with Crippen molar-refractivity contribution in [2.75, 3.05) is 40.0 Å². The van der Waals surface area contributed by atoms with Gasteiger partial charge in [-0.1, -0.05) is 26.2 Å². The molecule has 5 nitrogen and oxygen atoms in total. The minimum Gasteiger partial charge on any atom is -0.380 e. The fourth-order valence-electron chi connectivity index (χ4n) is 2.83. The van der Waals surface area contributed by atoms with E-state index in [0.717, 1.165) is 45.3 Å². The third kappa shape index (κ3) is 7.00. The number of guanidine groups is 1. The van der Waals surface area contributed by atoms with Gasteiger partial charge in [-0.3, -0.25) is 4.99 Å². The lowest BCUT2D eigenvalue weighted by atomic mass is 9.89. The van der Waals surface area contributed by atoms with Gasteiger partial charge in [-0.2, -0.15) is 0 Å². The maximum atomic E-state index is 5.92. The molecule has 0 aromatic carbocycles. The van der Waals surface area contributed by atoms with E-state index in [1.54, 1.807) is 0 Å². The number of halogens is 1. The topological polar surface area (TPSA) is 54.9 Å². The van der Waals surface area contributed by atoms with Crippen LogP contribution < -0.4 is 10.6 Å². The molecule has 2 aliphatic rings. The summed E-state index contributed by atoms with van der Waals surface area (Å²) in [5.41, 5.74) is 0.266. The van der Waals surface area contributed by atoms with Crippen molar-refractivity contribution in [2.24, 2.45) is 10.4 Å². The summed E-state index contributed by atoms with van der Waals surface area (Å²) in [6, 6.07) is 0. The number of hydrogen-bond donors (Lipinski definition) is 2. The van der Waals surface area contributed by atoms with Crippen LogP contribution >= 0.6 is 24.0 Å². The molecule has 130 valence electrons. The third-order valence-corrected chi connectivity index (χ3v) is 4.33. The second-order valence-corrected chi connectivity index (χ2v) is 6.64. The van der Waals surface area contributed by atoms with Gasteiger partial charge in [-0.05, 0) is 19.3 Å². The third-order valence-electron chi connectivity index (χ3n) is 4.33. The number of ether oxygens (including phenoxy) is 2. The van der Waals surface area contributed by atoms with E-state index < -0.39 is 0 Å². The van der Waals surface area contributed by atoms with E-state index in [1.807, 2.05) is 7.05 Å². The molecule has 1 heterocycles. The summed E-state index contributed by atoms with van der Waals surface area (Å²) in [6.07, 6.45) is 8.08. The van der Waals surface area contributed by atoms with Crippen LogP contribution in [0.2, 0.25) is 0 Å². The zero-order chi connectivity index (χ0) is 15.0. The average Bonchev–Trinajstić information content (AvgIpc) is 2.49. The molecule has 1 aliphatic heterocycles. The van der Waals surface area contributed by atoms with Crippen LogP contribution in [0.4, 0.5) is 0 Å². The maximum absolute atomic E-state index is 5.92. The van der Waals surface area contributed by atoms with E-state index in [0.29, 0.717) is 6.10 Å². The Labute approximate surface area is 152 Å². The highest BCUT2D eigenvalue weighted by Gasteiger charge is 2.33. The molecule has 0 atom stereocenters. The van der Waals surface area contributed by atoms with Gasteiger partial charge in [-0.15, -0.1) is 24.0 Å². The lowest BCUT2D eigenvalue weighted by Crippen LogP contribution is -2.51. The van der Waals surface area contributed by atoms with E-state index in [2.05, 4.69) is 22.5 Å². The highest BCUT2D eigenvalue weighted by molar-refractivity contribution is 14.0. The van der Waals surface area contributed by atoms with Gasteiger partial charge in [0.25, 0.3) is 0 Å². The van der Waals surface area contributed by atoms with E-state index in [9.17, 15) is 0 Å². The minimum absolute atomic E-state index is 0. The van der Waals surface area contributed by atoms with Crippen molar-refractivity contribution < 1.29 is 9.47 Å². The van der Waals surface area contributed by atoms with E-state index in [4.69, 9.17) is 9.47 Å². The Bertz CT molecular complexity index is 329. The molecule has 0 spiro atoms. The first-order chi connectivity index (χ1) is 10.2. The van der Waals surface area contributed by atoms with Gasteiger partial charge in [0.2, 0.25) is 0 Å². The summed E-state index contributed by atoms with van der Waals surface area (Å²) in [5, 5.41) is 6.72. The molecular formula is C16H32IN3O2. The van der Waals surface area contributed by atoms with Gasteiger partial charge in [0, 0.05) is 32.2 Å². The molecule has 0 aromatic rings. The Morgan fingerprint density at radius 3 is 2.55 bits per heavy atom. The van der Waals surface area contributed by atoms with Crippen LogP contribution in [0.1, 0.15) is 45.4 Å². The minimum atomic E-state index is 0. The number of nitrogens with zero attached hydrogens (tertiary/aromatic N) is 1. The number of rotatable bonds is 7. The van der Waals surface area contributed by atoms with Crippen LogP contribution in [0.15, 0.2) is 4.99 Å². The largest absolute Gasteiger partial charge is 0.380 e. The Morgan fingerprint density at radius 1 is 1.23 bits per heavy atom. The zero-order valence-corrected chi connectivity index (χ0v) is 16.4. The fourth-order valence-corrected chi connectivity index (χ4v) is 2.83. The Hall–Kier alpha value is -0.0800. The number of aliphatic imine (C=N–C) groups is 1. The summed E-state index contributed by atoms with van der Waals surface area (Å²) >= 11 is 0. The Balaban J connectivity index is 0.00000242. The average molecular weight is 425 g/mol. The smallest absolute Gasteiger partial charge is 0.191 e. The van der Waals surface area contributed by atoms with Crippen LogP contribution in [-0.4, -0.2) is 52.0 Å². The van der Waals surface area contributed by atoms with Crippen LogP contribution in [0.3, 0.4) is 0 Å². The Morgan fingerprint density at radius 2 is 1.95 bits per heavy atom. The molecule has 2 fully saturated rings. The molecule has 2 N–H and O–H groups in total. The second kappa shape index (κ2) is 10.6. The van der Waals surface area contributed by atoms with Gasteiger partial charge in [-0.25, -0.2) is 0 Å². The lowest BCUT2D eigenvalue weighted by Gasteiger charge is -2.38. The normalized spacial score (nSPS) is 21.6. The first kappa shape index (κ1) is 20.0. The monoisotopic (exact) mass is 425 g/mol. The van der Waals surface area contributed by atoms with Crippen molar-refractivity contribution in [3.63, 3.8) is 0 Å². The van der Waals surface area contributed by atoms with Gasteiger partial charge >= 0.3 is 0 Å². The van der Waals surface area contributed by atoms with E-state index >= 15 is 0 Å².